The lowest BCUT2D eigenvalue weighted by Crippen LogP contribution is -2.65. The summed E-state index contributed by atoms with van der Waals surface area (Å²) >= 11 is 0. The molecule has 0 unspecified atom stereocenters. The average Bonchev–Trinajstić information content (AvgIpc) is 1.80. The van der Waals surface area contributed by atoms with Crippen LogP contribution in [0.15, 0.2) is 97.2 Å². The van der Waals surface area contributed by atoms with Crippen LogP contribution in [0.3, 0.4) is 0 Å². The van der Waals surface area contributed by atoms with Gasteiger partial charge in [-0.15, -0.1) is 0 Å². The number of para-hydroxylation sites is 1. The van der Waals surface area contributed by atoms with E-state index in [1.807, 2.05) is 12.2 Å². The van der Waals surface area contributed by atoms with Gasteiger partial charge in [-0.05, 0) is 152 Å². The summed E-state index contributed by atoms with van der Waals surface area (Å²) in [5.74, 6) is -17.0. The molecule has 3 aromatic carbocycles. The maximum atomic E-state index is 15.5. The van der Waals surface area contributed by atoms with Crippen molar-refractivity contribution in [2.45, 2.75) is 287 Å². The number of primary amides is 2. The molecule has 684 valence electrons. The fourth-order valence-corrected chi connectivity index (χ4v) is 14.3. The number of hydrogen-bond acceptors (Lipinski definition) is 20. The van der Waals surface area contributed by atoms with Crippen LogP contribution in [0.5, 0.6) is 5.75 Å². The van der Waals surface area contributed by atoms with Crippen LogP contribution in [0.2, 0.25) is 0 Å². The molecule has 2 aliphatic rings. The second kappa shape index (κ2) is 49.2. The Morgan fingerprint density at radius 3 is 1.73 bits per heavy atom. The molecule has 0 bridgehead atoms. The first kappa shape index (κ1) is 101. The number of aliphatic carboxylic acids is 1. The van der Waals surface area contributed by atoms with Gasteiger partial charge < -0.3 is 111 Å². The maximum Gasteiger partial charge on any atom is 0.303 e. The molecule has 0 saturated heterocycles. The van der Waals surface area contributed by atoms with Gasteiger partial charge in [-0.2, -0.15) is 0 Å². The average molecular weight is 1750 g/mol. The van der Waals surface area contributed by atoms with E-state index in [4.69, 9.17) is 11.5 Å². The van der Waals surface area contributed by atoms with Crippen LogP contribution in [0.25, 0.3) is 10.9 Å². The maximum absolute atomic E-state index is 15.5. The van der Waals surface area contributed by atoms with Crippen LogP contribution in [0, 0.1) is 11.8 Å². The number of carbonyl (C=O) groups excluding carboxylic acids is 16. The fraction of sp³-hybridized carbons (Fsp3) is 0.552. The van der Waals surface area contributed by atoms with Crippen molar-refractivity contribution in [3.8, 4) is 5.75 Å². The number of nitrogens with two attached hydrogens (primary N) is 2. The third-order valence-electron chi connectivity index (χ3n) is 22.0. The molecule has 2 heterocycles. The van der Waals surface area contributed by atoms with Gasteiger partial charge in [-0.3, -0.25) is 81.5 Å². The van der Waals surface area contributed by atoms with Crippen molar-refractivity contribution in [2.75, 3.05) is 6.61 Å². The fourth-order valence-electron chi connectivity index (χ4n) is 14.3. The molecular weight excluding hydrogens is 1620 g/mol. The zero-order valence-electron chi connectivity index (χ0n) is 72.3. The van der Waals surface area contributed by atoms with Gasteiger partial charge in [0.15, 0.2) is 0 Å². The smallest absolute Gasteiger partial charge is 0.303 e. The molecule has 23 N–H and O–H groups in total. The molecule has 125 heavy (non-hydrogen) atoms. The molecule has 0 radical (unpaired) electrons. The van der Waals surface area contributed by atoms with Gasteiger partial charge in [0.25, 0.3) is 0 Å². The van der Waals surface area contributed by atoms with Crippen molar-refractivity contribution < 1.29 is 102 Å². The lowest BCUT2D eigenvalue weighted by molar-refractivity contribution is -0.140. The number of amides is 16. The van der Waals surface area contributed by atoms with E-state index >= 15 is 28.8 Å². The summed E-state index contributed by atoms with van der Waals surface area (Å²) in [5, 5.41) is 79.2. The number of hydrogen-bond donors (Lipinski definition) is 21. The molecule has 1 aliphatic carbocycles. The largest absolute Gasteiger partial charge is 0.508 e. The van der Waals surface area contributed by atoms with Gasteiger partial charge in [-0.25, -0.2) is 0 Å². The van der Waals surface area contributed by atoms with Crippen LogP contribution in [0.4, 0.5) is 0 Å². The first-order valence-electron chi connectivity index (χ1n) is 42.5. The zero-order valence-corrected chi connectivity index (χ0v) is 72.3. The van der Waals surface area contributed by atoms with E-state index in [1.165, 1.54) is 72.7 Å². The number of carboxylic acid groups (broad SMARTS) is 1. The number of H-pyrrole nitrogens is 1. The minimum Gasteiger partial charge on any atom is -0.508 e. The van der Waals surface area contributed by atoms with Gasteiger partial charge in [0, 0.05) is 56.1 Å². The molecule has 38 heteroatoms. The molecule has 6 rings (SSSR count). The lowest BCUT2D eigenvalue weighted by atomic mass is 9.80. The predicted octanol–water partition coefficient (Wildman–Crippen LogP) is -0.146. The van der Waals surface area contributed by atoms with Gasteiger partial charge in [0.05, 0.1) is 12.7 Å². The van der Waals surface area contributed by atoms with Crippen molar-refractivity contribution >= 4 is 111 Å². The van der Waals surface area contributed by atoms with Crippen molar-refractivity contribution in [1.29, 1.82) is 0 Å². The van der Waals surface area contributed by atoms with E-state index in [-0.39, 0.29) is 75.4 Å². The summed E-state index contributed by atoms with van der Waals surface area (Å²) in [6, 6.07) is 2.25. The number of nitrogens with one attached hydrogen (secondary N) is 15. The Balaban J connectivity index is 1.44. The van der Waals surface area contributed by atoms with E-state index in [0.29, 0.717) is 66.1 Å². The summed E-state index contributed by atoms with van der Waals surface area (Å²) < 4.78 is 0. The highest BCUT2D eigenvalue weighted by Crippen LogP contribution is 2.31. The second-order valence-electron chi connectivity index (χ2n) is 33.3. The molecule has 1 aromatic heterocycles. The highest BCUT2D eigenvalue weighted by molar-refractivity contribution is 6.02. The topological polar surface area (TPSA) is 607 Å². The molecular formula is C87H125N17O21. The lowest BCUT2D eigenvalue weighted by Gasteiger charge is -2.35. The van der Waals surface area contributed by atoms with E-state index in [9.17, 15) is 73.2 Å². The third-order valence-corrected chi connectivity index (χ3v) is 22.0. The van der Waals surface area contributed by atoms with Crippen LogP contribution >= 0.6 is 0 Å². The Morgan fingerprint density at radius 1 is 0.544 bits per heavy atom. The highest BCUT2D eigenvalue weighted by Gasteiger charge is 2.44. The number of aromatic amines is 1. The first-order valence-corrected chi connectivity index (χ1v) is 42.5. The van der Waals surface area contributed by atoms with Crippen molar-refractivity contribution in [2.24, 2.45) is 23.3 Å². The van der Waals surface area contributed by atoms with Crippen LogP contribution < -0.4 is 85.9 Å². The van der Waals surface area contributed by atoms with E-state index < -0.39 is 229 Å². The molecule has 16 amide bonds. The molecule has 4 aromatic rings. The molecule has 1 saturated carbocycles. The Hall–Kier alpha value is -12.4. The summed E-state index contributed by atoms with van der Waals surface area (Å²) in [6.45, 7) is 11.6. The SMILES string of the molecule is CC(=O)N[C@@H](CC(C)C)C(=O)N[C@H](C(=O)N[C@@H](Cc1ccccc1)C(=O)N[C@]1(C)CCCCCC/C=C\CCC[C@@](C)(C(=O)N[C@@H](CO)C(=O)N[C@@H](C)C(=O)N[C@@H](C)C(N)=O)NC(=O)[C@H](CC2CCC2)NC(=O)[C@H](CCC(N)=O)NC(=O)[C@H](C)NC(=O)[C@H](Cc2c[nH]c3ccccc23)NC(=O)[C@H](Cc2ccc(O)cc2)NC(=O)[C@H](CCC(=O)O)NC1=O)[C@@H](C)O. The summed E-state index contributed by atoms with van der Waals surface area (Å²) in [6.07, 6.45) is 4.80. The number of aromatic hydroxyl groups is 1. The monoisotopic (exact) mass is 1740 g/mol. The van der Waals surface area contributed by atoms with Crippen molar-refractivity contribution in [1.82, 2.24) is 79.4 Å². The minimum absolute atomic E-state index is 0.00740. The van der Waals surface area contributed by atoms with E-state index in [2.05, 4.69) is 79.4 Å². The Kier molecular flexibility index (Phi) is 39.9. The molecule has 1 fully saturated rings. The Morgan fingerprint density at radius 2 is 1.12 bits per heavy atom. The number of phenolic OH excluding ortho intramolecular Hbond substituents is 1. The zero-order chi connectivity index (χ0) is 92.4. The second-order valence-corrected chi connectivity index (χ2v) is 33.3. The van der Waals surface area contributed by atoms with Crippen LogP contribution in [-0.2, 0) is 101 Å². The number of aromatic nitrogens is 1. The number of aliphatic hydroxyl groups excluding tert-OH is 2. The number of allylic oxidation sites excluding steroid dienone is 2. The molecule has 0 spiro atoms. The van der Waals surface area contributed by atoms with Crippen molar-refractivity contribution in [3.05, 3.63) is 114 Å². The van der Waals surface area contributed by atoms with E-state index in [0.717, 1.165) is 6.42 Å². The summed E-state index contributed by atoms with van der Waals surface area (Å²) in [7, 11) is 0. The number of carbonyl (C=O) groups is 17. The van der Waals surface area contributed by atoms with E-state index in [1.54, 1.807) is 74.6 Å². The van der Waals surface area contributed by atoms with Gasteiger partial charge in [-0.1, -0.05) is 125 Å². The summed E-state index contributed by atoms with van der Waals surface area (Å²) in [4.78, 5) is 243. The van der Waals surface area contributed by atoms with Crippen LogP contribution in [-0.4, -0.2) is 222 Å². The predicted molar refractivity (Wildman–Crippen MR) is 458 cm³/mol. The van der Waals surface area contributed by atoms with Crippen LogP contribution in [0.1, 0.15) is 195 Å². The van der Waals surface area contributed by atoms with Gasteiger partial charge in [0.1, 0.15) is 89.3 Å². The number of fused-ring (bicyclic) bond motifs is 1. The van der Waals surface area contributed by atoms with Gasteiger partial charge >= 0.3 is 5.97 Å². The van der Waals surface area contributed by atoms with Gasteiger partial charge in [0.2, 0.25) is 94.5 Å². The third kappa shape index (κ3) is 33.0. The Labute approximate surface area is 725 Å². The first-order chi connectivity index (χ1) is 59.1. The van der Waals surface area contributed by atoms with Crippen molar-refractivity contribution in [3.63, 3.8) is 0 Å². The highest BCUT2D eigenvalue weighted by atomic mass is 16.4. The molecule has 1 aliphatic heterocycles. The molecule has 15 atom stereocenters. The minimum atomic E-state index is -2.07. The Bertz CT molecular complexity index is 4460. The number of benzene rings is 3. The molecule has 38 nitrogen and oxygen atoms in total. The summed E-state index contributed by atoms with van der Waals surface area (Å²) in [5.41, 5.74) is 8.80. The number of phenols is 1. The number of carboxylic acids is 1. The number of aliphatic hydroxyl groups is 2. The normalized spacial score (nSPS) is 22.9. The standard InChI is InChI=1S/C87H125N17O21/c1-48(2)41-63(94-53(7)107)79(119)102-71(52(6)106)83(123)99-66(42-54-25-18-17-19-26-54)82(122)104-86(8)39-22-15-13-11-10-12-14-16-23-40-87(9,85(125)101-68(47-105)80(120)93-50(4)73(113)91-49(3)72(89)112)103-81(121)65(43-55-27-24-28-55)97-75(115)61(35-37-69(88)109)95-74(114)51(5)92-77(117)67(45-57-46-90-60-30-21-20-29-59(57)60)98-78(118)64(44-56-31-33-58(108)34-32-56)96-76(116)62(100-84(86)124)36-38-70(110)111/h12,14,17-21,25-26,29-34,46,48-52,55,61-68,71,90,105-106,108H,10-11,13,15-16,22-24,27-28,35-45,47H2,1-9H3,(H2,88,109)(H2,89,112)(H,91,113)(H,92,117)(H,93,120)(H,94,107)(H,95,114)(H,96,116)(H,97,115)(H,98,118)(H,99,123)(H,100,124)(H,101,125)(H,102,119)(H,103,121)(H,104,122)(H,110,111)/b14-12-/t49-,50-,51-,52+,61-,62-,63-,64-,65-,66-,67-,68-,71-,86+,87-/m0/s1. The number of rotatable bonds is 32. The quantitative estimate of drug-likeness (QED) is 0.0283.